The van der Waals surface area contributed by atoms with Gasteiger partial charge in [-0.25, -0.2) is 0 Å². The largest absolute Gasteiger partial charge is 0.394 e. The number of carbonyl (C=O) groups excluding carboxylic acids is 1. The van der Waals surface area contributed by atoms with Crippen LogP contribution in [0.3, 0.4) is 0 Å². The van der Waals surface area contributed by atoms with Crippen LogP contribution in [-0.2, 0) is 4.79 Å². The van der Waals surface area contributed by atoms with Crippen molar-refractivity contribution in [1.29, 1.82) is 0 Å². The zero-order chi connectivity index (χ0) is 18.0. The third-order valence-electron chi connectivity index (χ3n) is 8.36. The maximum absolute atomic E-state index is 12.9. The van der Waals surface area contributed by atoms with Gasteiger partial charge in [0, 0.05) is 6.42 Å². The number of hydrogen-bond donors (Lipinski definition) is 3. The van der Waals surface area contributed by atoms with Gasteiger partial charge in [-0.05, 0) is 60.7 Å². The molecule has 3 saturated carbocycles. The van der Waals surface area contributed by atoms with Gasteiger partial charge in [0.2, 0.25) is 0 Å². The van der Waals surface area contributed by atoms with Gasteiger partial charge < -0.3 is 15.3 Å². The maximum atomic E-state index is 12.9. The average Bonchev–Trinajstić information content (AvgIpc) is 2.52. The van der Waals surface area contributed by atoms with Gasteiger partial charge in [0.1, 0.15) is 5.78 Å². The second-order valence-electron chi connectivity index (χ2n) is 10.0. The first-order valence-corrected chi connectivity index (χ1v) is 9.54. The summed E-state index contributed by atoms with van der Waals surface area (Å²) in [4.78, 5) is 12.9. The van der Waals surface area contributed by atoms with Crippen molar-refractivity contribution in [2.45, 2.75) is 84.3 Å². The summed E-state index contributed by atoms with van der Waals surface area (Å²) in [5.41, 5.74) is -1.63. The minimum Gasteiger partial charge on any atom is -0.394 e. The summed E-state index contributed by atoms with van der Waals surface area (Å²) >= 11 is 0. The fourth-order valence-electron chi connectivity index (χ4n) is 6.24. The van der Waals surface area contributed by atoms with E-state index >= 15 is 0 Å². The molecule has 138 valence electrons. The molecular formula is C20H34O4. The Labute approximate surface area is 145 Å². The molecule has 0 spiro atoms. The van der Waals surface area contributed by atoms with E-state index in [1.165, 1.54) is 0 Å². The van der Waals surface area contributed by atoms with Crippen molar-refractivity contribution < 1.29 is 20.1 Å². The molecule has 3 fully saturated rings. The zero-order valence-electron chi connectivity index (χ0n) is 15.6. The third kappa shape index (κ3) is 2.33. The van der Waals surface area contributed by atoms with E-state index in [0.29, 0.717) is 18.8 Å². The SMILES string of the molecule is CC1(C)CCC(=O)[C@@H]2[C@@]3(C)CC[C@](C)(C(O)CO)C[C@@H]3CC[C@]21O. The van der Waals surface area contributed by atoms with Crippen LogP contribution >= 0.6 is 0 Å². The first-order chi connectivity index (χ1) is 11.0. The maximum Gasteiger partial charge on any atom is 0.139 e. The van der Waals surface area contributed by atoms with Crippen molar-refractivity contribution in [2.24, 2.45) is 28.1 Å². The molecule has 3 N–H and O–H groups in total. The van der Waals surface area contributed by atoms with Crippen molar-refractivity contribution in [2.75, 3.05) is 6.61 Å². The second-order valence-corrected chi connectivity index (χ2v) is 10.0. The molecule has 24 heavy (non-hydrogen) atoms. The van der Waals surface area contributed by atoms with Crippen LogP contribution in [-0.4, -0.2) is 39.4 Å². The number of Topliss-reactive ketones (excluding diaryl/α,β-unsaturated/α-hetero) is 1. The van der Waals surface area contributed by atoms with E-state index in [1.807, 2.05) is 0 Å². The van der Waals surface area contributed by atoms with Gasteiger partial charge >= 0.3 is 0 Å². The predicted molar refractivity (Wildman–Crippen MR) is 92.3 cm³/mol. The lowest BCUT2D eigenvalue weighted by Crippen LogP contribution is -2.67. The summed E-state index contributed by atoms with van der Waals surface area (Å²) in [5, 5.41) is 31.2. The zero-order valence-corrected chi connectivity index (χ0v) is 15.6. The van der Waals surface area contributed by atoms with Crippen LogP contribution in [0.15, 0.2) is 0 Å². The smallest absolute Gasteiger partial charge is 0.139 e. The van der Waals surface area contributed by atoms with Crippen molar-refractivity contribution >= 4 is 5.78 Å². The number of aliphatic hydroxyl groups is 3. The van der Waals surface area contributed by atoms with E-state index < -0.39 is 11.7 Å². The molecule has 6 atom stereocenters. The normalized spacial score (nSPS) is 49.2. The predicted octanol–water partition coefficient (Wildman–Crippen LogP) is 2.68. The standard InChI is InChI=1S/C20H34O4/c1-17(2)7-6-14(22)16-19(4)10-9-18(3,15(23)12-21)11-13(19)5-8-20(16,17)24/h13,15-16,21,23-24H,5-12H2,1-4H3/t13-,15?,16+,18-,19-,20-/m0/s1. The molecule has 0 aliphatic heterocycles. The number of ketones is 1. The average molecular weight is 338 g/mol. The monoisotopic (exact) mass is 338 g/mol. The van der Waals surface area contributed by atoms with E-state index in [2.05, 4.69) is 27.7 Å². The molecule has 1 unspecified atom stereocenters. The Morgan fingerprint density at radius 3 is 2.42 bits per heavy atom. The Bertz CT molecular complexity index is 530. The van der Waals surface area contributed by atoms with E-state index in [-0.39, 0.29) is 34.6 Å². The summed E-state index contributed by atoms with van der Waals surface area (Å²) < 4.78 is 0. The summed E-state index contributed by atoms with van der Waals surface area (Å²) in [7, 11) is 0. The highest BCUT2D eigenvalue weighted by Gasteiger charge is 2.66. The molecule has 0 bridgehead atoms. The molecule has 3 aliphatic rings. The fraction of sp³-hybridized carbons (Fsp3) is 0.950. The number of rotatable bonds is 2. The Morgan fingerprint density at radius 1 is 1.12 bits per heavy atom. The molecule has 0 aromatic carbocycles. The van der Waals surface area contributed by atoms with Crippen molar-refractivity contribution in [3.8, 4) is 0 Å². The molecule has 4 heteroatoms. The van der Waals surface area contributed by atoms with Gasteiger partial charge in [0.25, 0.3) is 0 Å². The van der Waals surface area contributed by atoms with Gasteiger partial charge in [-0.3, -0.25) is 4.79 Å². The minimum absolute atomic E-state index is 0.198. The molecule has 3 rings (SSSR count). The Balaban J connectivity index is 1.95. The molecule has 0 saturated heterocycles. The number of carbonyl (C=O) groups is 1. The van der Waals surface area contributed by atoms with Crippen LogP contribution < -0.4 is 0 Å². The first-order valence-electron chi connectivity index (χ1n) is 9.54. The van der Waals surface area contributed by atoms with Gasteiger partial charge in [-0.1, -0.05) is 27.7 Å². The molecule has 0 radical (unpaired) electrons. The third-order valence-corrected chi connectivity index (χ3v) is 8.36. The molecule has 3 aliphatic carbocycles. The summed E-state index contributed by atoms with van der Waals surface area (Å²) in [6.45, 7) is 8.26. The minimum atomic E-state index is -0.906. The van der Waals surface area contributed by atoms with Crippen molar-refractivity contribution in [3.05, 3.63) is 0 Å². The number of aliphatic hydroxyl groups excluding tert-OH is 2. The Morgan fingerprint density at radius 2 is 1.79 bits per heavy atom. The molecular weight excluding hydrogens is 304 g/mol. The fourth-order valence-corrected chi connectivity index (χ4v) is 6.24. The van der Waals surface area contributed by atoms with Crippen LogP contribution in [0, 0.1) is 28.1 Å². The molecule has 0 aromatic rings. The molecule has 0 amide bonds. The number of fused-ring (bicyclic) bond motifs is 3. The van der Waals surface area contributed by atoms with Crippen LogP contribution in [0.5, 0.6) is 0 Å². The van der Waals surface area contributed by atoms with E-state index in [9.17, 15) is 20.1 Å². The highest BCUT2D eigenvalue weighted by molar-refractivity contribution is 5.84. The van der Waals surface area contributed by atoms with E-state index in [4.69, 9.17) is 0 Å². The van der Waals surface area contributed by atoms with E-state index in [0.717, 1.165) is 32.1 Å². The molecule has 0 aromatic heterocycles. The summed E-state index contributed by atoms with van der Waals surface area (Å²) in [6.07, 6.45) is 4.64. The summed E-state index contributed by atoms with van der Waals surface area (Å²) in [5.74, 6) is 0.263. The Kier molecular flexibility index (Phi) is 4.22. The molecule has 4 nitrogen and oxygen atoms in total. The van der Waals surface area contributed by atoms with Crippen LogP contribution in [0.25, 0.3) is 0 Å². The van der Waals surface area contributed by atoms with Crippen LogP contribution in [0.1, 0.15) is 72.6 Å². The van der Waals surface area contributed by atoms with Crippen LogP contribution in [0.4, 0.5) is 0 Å². The van der Waals surface area contributed by atoms with Gasteiger partial charge in [0.05, 0.1) is 24.2 Å². The highest BCUT2D eigenvalue weighted by Crippen LogP contribution is 2.65. The lowest BCUT2D eigenvalue weighted by Gasteiger charge is -2.64. The lowest BCUT2D eigenvalue weighted by molar-refractivity contribution is -0.224. The highest BCUT2D eigenvalue weighted by atomic mass is 16.3. The summed E-state index contributed by atoms with van der Waals surface area (Å²) in [6, 6.07) is 0. The Hall–Kier alpha value is -0.450. The number of hydrogen-bond acceptors (Lipinski definition) is 4. The van der Waals surface area contributed by atoms with Gasteiger partial charge in [0.15, 0.2) is 0 Å². The first kappa shape index (κ1) is 18.3. The van der Waals surface area contributed by atoms with E-state index in [1.54, 1.807) is 0 Å². The lowest BCUT2D eigenvalue weighted by atomic mass is 9.41. The molecule has 0 heterocycles. The van der Waals surface area contributed by atoms with Gasteiger partial charge in [-0.15, -0.1) is 0 Å². The van der Waals surface area contributed by atoms with Crippen LogP contribution in [0.2, 0.25) is 0 Å². The second kappa shape index (κ2) is 5.52. The quantitative estimate of drug-likeness (QED) is 0.723. The van der Waals surface area contributed by atoms with Crippen molar-refractivity contribution in [1.82, 2.24) is 0 Å². The van der Waals surface area contributed by atoms with Crippen molar-refractivity contribution in [3.63, 3.8) is 0 Å². The topological polar surface area (TPSA) is 77.8 Å². The van der Waals surface area contributed by atoms with Gasteiger partial charge in [-0.2, -0.15) is 0 Å².